The molecule has 0 unspecified atom stereocenters. The van der Waals surface area contributed by atoms with Crippen LogP contribution in [-0.4, -0.2) is 28.5 Å². The van der Waals surface area contributed by atoms with Crippen LogP contribution in [0.3, 0.4) is 0 Å². The van der Waals surface area contributed by atoms with Gasteiger partial charge >= 0.3 is 0 Å². The van der Waals surface area contributed by atoms with Gasteiger partial charge in [0.05, 0.1) is 4.88 Å². The van der Waals surface area contributed by atoms with E-state index in [0.717, 1.165) is 22.6 Å². The first-order valence-corrected chi connectivity index (χ1v) is 8.06. The summed E-state index contributed by atoms with van der Waals surface area (Å²) in [5.74, 6) is 0.514. The van der Waals surface area contributed by atoms with Gasteiger partial charge in [-0.25, -0.2) is 4.98 Å². The fourth-order valence-corrected chi connectivity index (χ4v) is 2.89. The van der Waals surface area contributed by atoms with Crippen LogP contribution in [0.25, 0.3) is 16.2 Å². The number of fused-ring (bicyclic) bond motifs is 1. The Morgan fingerprint density at radius 1 is 1.36 bits per heavy atom. The first-order chi connectivity index (χ1) is 10.8. The van der Waals surface area contributed by atoms with E-state index in [1.165, 1.54) is 0 Å². The number of pyridine rings is 1. The first-order valence-electron chi connectivity index (χ1n) is 7.18. The number of hydrogen-bond acceptors (Lipinski definition) is 4. The fourth-order valence-electron chi connectivity index (χ4n) is 2.18. The summed E-state index contributed by atoms with van der Waals surface area (Å²) in [5.41, 5.74) is 1.58. The van der Waals surface area contributed by atoms with Gasteiger partial charge in [0.25, 0.3) is 5.91 Å². The van der Waals surface area contributed by atoms with Gasteiger partial charge in [0.1, 0.15) is 23.8 Å². The van der Waals surface area contributed by atoms with Gasteiger partial charge in [0.15, 0.2) is 0 Å². The van der Waals surface area contributed by atoms with Crippen LogP contribution in [0.4, 0.5) is 5.82 Å². The summed E-state index contributed by atoms with van der Waals surface area (Å²) >= 11 is 1.60. The summed E-state index contributed by atoms with van der Waals surface area (Å²) in [5, 5.41) is 4.92. The summed E-state index contributed by atoms with van der Waals surface area (Å²) in [4.78, 5) is 17.7. The zero-order valence-electron chi connectivity index (χ0n) is 12.3. The van der Waals surface area contributed by atoms with Crippen molar-refractivity contribution in [1.29, 1.82) is 0 Å². The highest BCUT2D eigenvalue weighted by atomic mass is 32.1. The molecule has 3 aromatic rings. The molecule has 0 saturated carbocycles. The molecule has 0 aliphatic heterocycles. The molecule has 22 heavy (non-hydrogen) atoms. The largest absolute Gasteiger partial charge is 0.372 e. The molecule has 5 nitrogen and oxygen atoms in total. The highest BCUT2D eigenvalue weighted by Gasteiger charge is 2.16. The van der Waals surface area contributed by atoms with Gasteiger partial charge in [-0.05, 0) is 30.0 Å². The molecular weight excluding hydrogens is 298 g/mol. The van der Waals surface area contributed by atoms with E-state index < -0.39 is 0 Å². The molecule has 0 aliphatic carbocycles. The SMILES string of the molecule is CCCOCC(=O)Nc1c(-c2cccs2)nc2ccccn12. The van der Waals surface area contributed by atoms with Crippen molar-refractivity contribution in [2.45, 2.75) is 13.3 Å². The molecule has 3 rings (SSSR count). The van der Waals surface area contributed by atoms with Crippen LogP contribution >= 0.6 is 11.3 Å². The molecule has 0 saturated heterocycles. The minimum atomic E-state index is -0.170. The third-order valence-electron chi connectivity index (χ3n) is 3.12. The molecule has 0 atom stereocenters. The van der Waals surface area contributed by atoms with Gasteiger partial charge in [-0.2, -0.15) is 0 Å². The van der Waals surface area contributed by atoms with Crippen molar-refractivity contribution in [2.24, 2.45) is 0 Å². The summed E-state index contributed by atoms with van der Waals surface area (Å²) < 4.78 is 7.18. The van der Waals surface area contributed by atoms with Crippen LogP contribution in [0.15, 0.2) is 41.9 Å². The van der Waals surface area contributed by atoms with E-state index in [4.69, 9.17) is 4.74 Å². The standard InChI is InChI=1S/C16H17N3O2S/c1-2-9-21-11-14(20)18-16-15(12-6-5-10-22-12)17-13-7-3-4-8-19(13)16/h3-8,10H,2,9,11H2,1H3,(H,18,20). The van der Waals surface area contributed by atoms with E-state index in [9.17, 15) is 4.79 Å². The van der Waals surface area contributed by atoms with Crippen molar-refractivity contribution in [1.82, 2.24) is 9.38 Å². The number of aromatic nitrogens is 2. The summed E-state index contributed by atoms with van der Waals surface area (Å²) in [7, 11) is 0. The normalized spacial score (nSPS) is 11.0. The lowest BCUT2D eigenvalue weighted by atomic mass is 10.3. The molecule has 0 aromatic carbocycles. The Morgan fingerprint density at radius 3 is 3.05 bits per heavy atom. The molecule has 0 radical (unpaired) electrons. The van der Waals surface area contributed by atoms with Crippen molar-refractivity contribution < 1.29 is 9.53 Å². The van der Waals surface area contributed by atoms with Crippen molar-refractivity contribution in [3.63, 3.8) is 0 Å². The summed E-state index contributed by atoms with van der Waals surface area (Å²) in [6.45, 7) is 2.65. The van der Waals surface area contributed by atoms with Crippen LogP contribution in [0.5, 0.6) is 0 Å². The number of anilines is 1. The van der Waals surface area contributed by atoms with Gasteiger partial charge in [-0.1, -0.05) is 19.1 Å². The average molecular weight is 315 g/mol. The summed E-state index contributed by atoms with van der Waals surface area (Å²) in [6, 6.07) is 9.72. The molecule has 0 spiro atoms. The minimum Gasteiger partial charge on any atom is -0.372 e. The number of carbonyl (C=O) groups excluding carboxylic acids is 1. The monoisotopic (exact) mass is 315 g/mol. The third kappa shape index (κ3) is 3.03. The van der Waals surface area contributed by atoms with Crippen molar-refractivity contribution >= 4 is 28.7 Å². The minimum absolute atomic E-state index is 0.0534. The smallest absolute Gasteiger partial charge is 0.251 e. The lowest BCUT2D eigenvalue weighted by molar-refractivity contribution is -0.120. The van der Waals surface area contributed by atoms with Crippen LogP contribution in [-0.2, 0) is 9.53 Å². The van der Waals surface area contributed by atoms with E-state index in [-0.39, 0.29) is 12.5 Å². The highest BCUT2D eigenvalue weighted by molar-refractivity contribution is 7.13. The van der Waals surface area contributed by atoms with E-state index >= 15 is 0 Å². The van der Waals surface area contributed by atoms with E-state index in [1.54, 1.807) is 11.3 Å². The predicted molar refractivity (Wildman–Crippen MR) is 88.2 cm³/mol. The summed E-state index contributed by atoms with van der Waals surface area (Å²) in [6.07, 6.45) is 2.78. The number of rotatable bonds is 6. The molecule has 0 aliphatic rings. The number of carbonyl (C=O) groups is 1. The second kappa shape index (κ2) is 6.72. The molecule has 1 N–H and O–H groups in total. The fraction of sp³-hybridized carbons (Fsp3) is 0.250. The number of hydrogen-bond donors (Lipinski definition) is 1. The first kappa shape index (κ1) is 14.7. The Morgan fingerprint density at radius 2 is 2.27 bits per heavy atom. The Bertz CT molecular complexity index is 765. The predicted octanol–water partition coefficient (Wildman–Crippen LogP) is 3.43. The number of imidazole rings is 1. The quantitative estimate of drug-likeness (QED) is 0.709. The number of thiophene rings is 1. The lowest BCUT2D eigenvalue weighted by Crippen LogP contribution is -2.19. The molecule has 0 fully saturated rings. The van der Waals surface area contributed by atoms with Crippen LogP contribution < -0.4 is 5.32 Å². The second-order valence-electron chi connectivity index (χ2n) is 4.82. The van der Waals surface area contributed by atoms with E-state index in [2.05, 4.69) is 10.3 Å². The molecular formula is C16H17N3O2S. The van der Waals surface area contributed by atoms with Crippen molar-refractivity contribution in [2.75, 3.05) is 18.5 Å². The second-order valence-corrected chi connectivity index (χ2v) is 5.76. The van der Waals surface area contributed by atoms with Crippen LogP contribution in [0.2, 0.25) is 0 Å². The topological polar surface area (TPSA) is 55.6 Å². The number of nitrogens with one attached hydrogen (secondary N) is 1. The lowest BCUT2D eigenvalue weighted by Gasteiger charge is -2.07. The van der Waals surface area contributed by atoms with Crippen molar-refractivity contribution in [3.05, 3.63) is 41.9 Å². The third-order valence-corrected chi connectivity index (χ3v) is 4.00. The molecule has 114 valence electrons. The highest BCUT2D eigenvalue weighted by Crippen LogP contribution is 2.31. The molecule has 0 bridgehead atoms. The Balaban J connectivity index is 1.92. The number of amides is 1. The number of nitrogens with zero attached hydrogens (tertiary/aromatic N) is 2. The van der Waals surface area contributed by atoms with Gasteiger partial charge in [-0.15, -0.1) is 11.3 Å². The maximum absolute atomic E-state index is 12.1. The van der Waals surface area contributed by atoms with E-state index in [1.807, 2.05) is 53.2 Å². The Labute approximate surface area is 132 Å². The maximum atomic E-state index is 12.1. The van der Waals surface area contributed by atoms with Crippen molar-refractivity contribution in [3.8, 4) is 10.6 Å². The van der Waals surface area contributed by atoms with Gasteiger partial charge in [0, 0.05) is 12.8 Å². The molecule has 3 aromatic heterocycles. The Kier molecular flexibility index (Phi) is 4.50. The Hall–Kier alpha value is -2.18. The van der Waals surface area contributed by atoms with Gasteiger partial charge < -0.3 is 10.1 Å². The van der Waals surface area contributed by atoms with Gasteiger partial charge in [0.2, 0.25) is 0 Å². The zero-order valence-corrected chi connectivity index (χ0v) is 13.1. The molecule has 1 amide bonds. The van der Waals surface area contributed by atoms with Gasteiger partial charge in [-0.3, -0.25) is 9.20 Å². The maximum Gasteiger partial charge on any atom is 0.251 e. The van der Waals surface area contributed by atoms with Crippen LogP contribution in [0.1, 0.15) is 13.3 Å². The molecule has 6 heteroatoms. The van der Waals surface area contributed by atoms with E-state index in [0.29, 0.717) is 12.4 Å². The van der Waals surface area contributed by atoms with Crippen LogP contribution in [0, 0.1) is 0 Å². The molecule has 3 heterocycles. The zero-order chi connectivity index (χ0) is 15.4. The number of ether oxygens (including phenoxy) is 1. The average Bonchev–Trinajstić information content (AvgIpc) is 3.16.